The van der Waals surface area contributed by atoms with Gasteiger partial charge in [-0.05, 0) is 31.6 Å². The summed E-state index contributed by atoms with van der Waals surface area (Å²) in [4.78, 5) is 34.9. The average molecular weight is 265 g/mol. The quantitative estimate of drug-likeness (QED) is 0.590. The summed E-state index contributed by atoms with van der Waals surface area (Å²) in [6.07, 6.45) is 6.01. The van der Waals surface area contributed by atoms with E-state index in [2.05, 4.69) is 22.2 Å². The average Bonchev–Trinajstić information content (AvgIpc) is 2.99. The van der Waals surface area contributed by atoms with Gasteiger partial charge in [0.15, 0.2) is 5.78 Å². The number of methoxy groups -OCH3 is 1. The molecule has 5 heteroatoms. The fraction of sp³-hybridized carbons (Fsp3) is 0.643. The molecule has 2 rings (SSSR count). The number of hydrogen-bond donors (Lipinski definition) is 1. The van der Waals surface area contributed by atoms with E-state index in [1.165, 1.54) is 14.0 Å². The van der Waals surface area contributed by atoms with E-state index in [0.717, 1.165) is 12.8 Å². The minimum absolute atomic E-state index is 0.0607. The van der Waals surface area contributed by atoms with Gasteiger partial charge in [0.25, 0.3) is 0 Å². The fourth-order valence-electron chi connectivity index (χ4n) is 2.91. The van der Waals surface area contributed by atoms with E-state index in [1.807, 2.05) is 0 Å². The Morgan fingerprint density at radius 3 is 2.53 bits per heavy atom. The van der Waals surface area contributed by atoms with E-state index in [0.29, 0.717) is 5.92 Å². The normalized spacial score (nSPS) is 29.1. The van der Waals surface area contributed by atoms with Gasteiger partial charge in [-0.25, -0.2) is 0 Å². The molecule has 0 saturated heterocycles. The van der Waals surface area contributed by atoms with E-state index >= 15 is 0 Å². The van der Waals surface area contributed by atoms with Crippen molar-refractivity contribution in [3.63, 3.8) is 0 Å². The second kappa shape index (κ2) is 5.55. The van der Waals surface area contributed by atoms with Gasteiger partial charge in [0.1, 0.15) is 0 Å². The number of Topliss-reactive ketones (excluding diaryl/α,β-unsaturated/α-hetero) is 1. The molecule has 1 amide bonds. The number of ketones is 1. The molecular weight excluding hydrogens is 246 g/mol. The molecule has 104 valence electrons. The predicted octanol–water partition coefficient (Wildman–Crippen LogP) is 0.835. The van der Waals surface area contributed by atoms with Crippen LogP contribution in [0.4, 0.5) is 0 Å². The molecule has 0 aromatic heterocycles. The molecule has 2 aliphatic carbocycles. The maximum atomic E-state index is 12.2. The molecule has 0 aromatic carbocycles. The molecule has 0 aliphatic heterocycles. The zero-order chi connectivity index (χ0) is 14.0. The zero-order valence-electron chi connectivity index (χ0n) is 11.2. The van der Waals surface area contributed by atoms with Crippen molar-refractivity contribution in [2.24, 2.45) is 17.8 Å². The van der Waals surface area contributed by atoms with Crippen LogP contribution in [0.2, 0.25) is 0 Å². The Morgan fingerprint density at radius 2 is 2.05 bits per heavy atom. The first kappa shape index (κ1) is 13.8. The molecule has 1 N–H and O–H groups in total. The van der Waals surface area contributed by atoms with Crippen molar-refractivity contribution in [1.82, 2.24) is 5.32 Å². The van der Waals surface area contributed by atoms with Gasteiger partial charge in [0, 0.05) is 5.92 Å². The molecule has 1 fully saturated rings. The number of carbonyl (C=O) groups is 3. The molecule has 2 bridgehead atoms. The van der Waals surface area contributed by atoms with Crippen molar-refractivity contribution in [2.75, 3.05) is 7.11 Å². The van der Waals surface area contributed by atoms with Gasteiger partial charge in [-0.15, -0.1) is 0 Å². The fourth-order valence-corrected chi connectivity index (χ4v) is 2.91. The van der Waals surface area contributed by atoms with Crippen molar-refractivity contribution in [3.05, 3.63) is 12.2 Å². The highest BCUT2D eigenvalue weighted by molar-refractivity contribution is 5.91. The first-order valence-electron chi connectivity index (χ1n) is 6.57. The minimum atomic E-state index is -0.775. The van der Waals surface area contributed by atoms with E-state index in [4.69, 9.17) is 0 Å². The summed E-state index contributed by atoms with van der Waals surface area (Å²) in [6.45, 7) is 1.37. The Balaban J connectivity index is 1.93. The Bertz CT molecular complexity index is 429. The number of allylic oxidation sites excluding steroid dienone is 2. The number of fused-ring (bicyclic) bond motifs is 2. The topological polar surface area (TPSA) is 72.5 Å². The van der Waals surface area contributed by atoms with Crippen LogP contribution in [0.1, 0.15) is 26.2 Å². The summed E-state index contributed by atoms with van der Waals surface area (Å²) in [5.41, 5.74) is 0. The zero-order valence-corrected chi connectivity index (χ0v) is 11.2. The Hall–Kier alpha value is -1.65. The van der Waals surface area contributed by atoms with Crippen molar-refractivity contribution in [2.45, 2.75) is 32.2 Å². The lowest BCUT2D eigenvalue weighted by atomic mass is 9.92. The third kappa shape index (κ3) is 3.03. The van der Waals surface area contributed by atoms with Gasteiger partial charge in [-0.1, -0.05) is 12.2 Å². The molecule has 5 nitrogen and oxygen atoms in total. The lowest BCUT2D eigenvalue weighted by Crippen LogP contribution is -2.45. The third-order valence-corrected chi connectivity index (χ3v) is 4.02. The van der Waals surface area contributed by atoms with E-state index in [9.17, 15) is 14.4 Å². The lowest BCUT2D eigenvalue weighted by Gasteiger charge is -2.21. The van der Waals surface area contributed by atoms with Crippen molar-refractivity contribution in [3.8, 4) is 0 Å². The first-order valence-corrected chi connectivity index (χ1v) is 6.57. The number of hydrogen-bond acceptors (Lipinski definition) is 4. The van der Waals surface area contributed by atoms with Crippen LogP contribution in [0.25, 0.3) is 0 Å². The third-order valence-electron chi connectivity index (χ3n) is 4.02. The van der Waals surface area contributed by atoms with Crippen molar-refractivity contribution in [1.29, 1.82) is 0 Å². The smallest absolute Gasteiger partial charge is 0.308 e. The molecule has 19 heavy (non-hydrogen) atoms. The van der Waals surface area contributed by atoms with Gasteiger partial charge in [-0.2, -0.15) is 0 Å². The van der Waals surface area contributed by atoms with Gasteiger partial charge >= 0.3 is 5.97 Å². The largest absolute Gasteiger partial charge is 0.469 e. The number of nitrogens with one attached hydrogen (secondary N) is 1. The second-order valence-corrected chi connectivity index (χ2v) is 5.34. The molecular formula is C14H19NO4. The van der Waals surface area contributed by atoms with Crippen LogP contribution in [0.3, 0.4) is 0 Å². The second-order valence-electron chi connectivity index (χ2n) is 5.34. The maximum Gasteiger partial charge on any atom is 0.308 e. The summed E-state index contributed by atoms with van der Waals surface area (Å²) in [7, 11) is 1.27. The van der Waals surface area contributed by atoms with E-state index in [1.54, 1.807) is 0 Å². The SMILES string of the molecule is COC(=O)CC(NC(=O)[C@@H]1C[C@@H]2C=C[C@H]1C2)C(C)=O. The highest BCUT2D eigenvalue weighted by Crippen LogP contribution is 2.43. The van der Waals surface area contributed by atoms with Crippen LogP contribution in [0.5, 0.6) is 0 Å². The van der Waals surface area contributed by atoms with Crippen LogP contribution in [0.15, 0.2) is 12.2 Å². The first-order chi connectivity index (χ1) is 9.01. The van der Waals surface area contributed by atoms with Crippen molar-refractivity contribution >= 4 is 17.7 Å². The van der Waals surface area contributed by atoms with Crippen LogP contribution in [0, 0.1) is 17.8 Å². The van der Waals surface area contributed by atoms with Gasteiger partial charge in [-0.3, -0.25) is 14.4 Å². The molecule has 4 atom stereocenters. The molecule has 0 spiro atoms. The van der Waals surface area contributed by atoms with Crippen molar-refractivity contribution < 1.29 is 19.1 Å². The summed E-state index contributed by atoms with van der Waals surface area (Å²) < 4.78 is 4.53. The van der Waals surface area contributed by atoms with Crippen LogP contribution >= 0.6 is 0 Å². The van der Waals surface area contributed by atoms with Crippen LogP contribution in [-0.4, -0.2) is 30.8 Å². The van der Waals surface area contributed by atoms with E-state index in [-0.39, 0.29) is 29.9 Å². The number of ether oxygens (including phenoxy) is 1. The lowest BCUT2D eigenvalue weighted by molar-refractivity contribution is -0.143. The summed E-state index contributed by atoms with van der Waals surface area (Å²) >= 11 is 0. The monoisotopic (exact) mass is 265 g/mol. The Labute approximate surface area is 112 Å². The molecule has 0 radical (unpaired) electrons. The predicted molar refractivity (Wildman–Crippen MR) is 68.1 cm³/mol. The minimum Gasteiger partial charge on any atom is -0.469 e. The molecule has 0 heterocycles. The summed E-state index contributed by atoms with van der Waals surface area (Å²) in [6, 6.07) is -0.775. The van der Waals surface area contributed by atoms with Gasteiger partial charge < -0.3 is 10.1 Å². The van der Waals surface area contributed by atoms with Crippen LogP contribution in [-0.2, 0) is 19.1 Å². The van der Waals surface area contributed by atoms with Gasteiger partial charge in [0.2, 0.25) is 5.91 Å². The summed E-state index contributed by atoms with van der Waals surface area (Å²) in [5, 5.41) is 2.69. The Kier molecular flexibility index (Phi) is 4.02. The molecule has 1 unspecified atom stereocenters. The number of carbonyl (C=O) groups excluding carboxylic acids is 3. The number of rotatable bonds is 5. The maximum absolute atomic E-state index is 12.2. The highest BCUT2D eigenvalue weighted by Gasteiger charge is 2.40. The van der Waals surface area contributed by atoms with Crippen LogP contribution < -0.4 is 5.32 Å². The number of amides is 1. The molecule has 0 aromatic rings. The number of esters is 1. The van der Waals surface area contributed by atoms with E-state index < -0.39 is 12.0 Å². The highest BCUT2D eigenvalue weighted by atomic mass is 16.5. The standard InChI is InChI=1S/C14H19NO4/c1-8(16)12(7-13(17)19-2)15-14(18)11-6-9-3-4-10(11)5-9/h3-4,9-12H,5-7H2,1-2H3,(H,15,18)/t9-,10+,11-,12?/m1/s1. The molecule has 1 saturated carbocycles. The summed E-state index contributed by atoms with van der Waals surface area (Å²) in [5.74, 6) is -0.117. The van der Waals surface area contributed by atoms with Gasteiger partial charge in [0.05, 0.1) is 19.6 Å². The Morgan fingerprint density at radius 1 is 1.32 bits per heavy atom. The molecule has 2 aliphatic rings.